The first-order valence-corrected chi connectivity index (χ1v) is 8.57. The number of rotatable bonds is 3. The van der Waals surface area contributed by atoms with E-state index in [0.29, 0.717) is 41.9 Å². The van der Waals surface area contributed by atoms with Gasteiger partial charge in [-0.25, -0.2) is 18.9 Å². The summed E-state index contributed by atoms with van der Waals surface area (Å²) in [6, 6.07) is 5.15. The number of ether oxygens (including phenoxy) is 2. The van der Waals surface area contributed by atoms with Gasteiger partial charge in [-0.05, 0) is 32.9 Å². The van der Waals surface area contributed by atoms with Crippen LogP contribution in [-0.4, -0.2) is 38.3 Å². The van der Waals surface area contributed by atoms with Crippen molar-refractivity contribution in [2.45, 2.75) is 27.3 Å². The Bertz CT molecular complexity index is 1120. The molecule has 0 saturated carbocycles. The molecule has 4 rings (SSSR count). The summed E-state index contributed by atoms with van der Waals surface area (Å²) < 4.78 is 13.5. The number of hydrogen-bond acceptors (Lipinski definition) is 6. The van der Waals surface area contributed by atoms with Gasteiger partial charge in [0.2, 0.25) is 5.91 Å². The summed E-state index contributed by atoms with van der Waals surface area (Å²) in [4.78, 5) is 29.4. The second-order valence-corrected chi connectivity index (χ2v) is 6.38. The number of anilines is 1. The van der Waals surface area contributed by atoms with E-state index < -0.39 is 5.69 Å². The van der Waals surface area contributed by atoms with Gasteiger partial charge in [-0.3, -0.25) is 4.79 Å². The fourth-order valence-electron chi connectivity index (χ4n) is 3.04. The lowest BCUT2D eigenvalue weighted by atomic mass is 10.2. The Labute approximate surface area is 154 Å². The molecule has 140 valence electrons. The molecule has 0 radical (unpaired) electrons. The largest absolute Gasteiger partial charge is 0.486 e. The van der Waals surface area contributed by atoms with Gasteiger partial charge in [0.25, 0.3) is 0 Å². The van der Waals surface area contributed by atoms with Crippen molar-refractivity contribution in [2.24, 2.45) is 0 Å². The third-order valence-corrected chi connectivity index (χ3v) is 4.49. The van der Waals surface area contributed by atoms with Gasteiger partial charge in [0.1, 0.15) is 25.6 Å². The lowest BCUT2D eigenvalue weighted by Crippen LogP contribution is -2.29. The standard InChI is InChI=1S/C18H19N5O4/c1-10-11(2)19-12(3)23-17(10)21-22(18(23)25)9-16(24)20-13-4-5-14-15(8-13)27-7-6-26-14/h4-5,8H,6-7,9H2,1-3H3,(H,20,24). The molecule has 0 atom stereocenters. The van der Waals surface area contributed by atoms with Crippen LogP contribution >= 0.6 is 0 Å². The molecule has 9 nitrogen and oxygen atoms in total. The molecule has 1 N–H and O–H groups in total. The van der Waals surface area contributed by atoms with E-state index in [1.165, 1.54) is 4.40 Å². The first-order valence-electron chi connectivity index (χ1n) is 8.57. The van der Waals surface area contributed by atoms with Crippen LogP contribution in [0.1, 0.15) is 17.1 Å². The Hall–Kier alpha value is -3.36. The molecule has 9 heteroatoms. The van der Waals surface area contributed by atoms with Crippen molar-refractivity contribution < 1.29 is 14.3 Å². The third-order valence-electron chi connectivity index (χ3n) is 4.49. The van der Waals surface area contributed by atoms with Crippen LogP contribution in [0.25, 0.3) is 5.65 Å². The molecule has 0 unspecified atom stereocenters. The number of nitrogens with zero attached hydrogens (tertiary/aromatic N) is 4. The molecule has 3 heterocycles. The normalized spacial score (nSPS) is 13.0. The highest BCUT2D eigenvalue weighted by Gasteiger charge is 2.17. The Balaban J connectivity index is 1.58. The molecule has 1 amide bonds. The van der Waals surface area contributed by atoms with Crippen molar-refractivity contribution in [3.63, 3.8) is 0 Å². The summed E-state index contributed by atoms with van der Waals surface area (Å²) >= 11 is 0. The van der Waals surface area contributed by atoms with E-state index in [9.17, 15) is 9.59 Å². The fraction of sp³-hybridized carbons (Fsp3) is 0.333. The van der Waals surface area contributed by atoms with E-state index in [4.69, 9.17) is 9.47 Å². The lowest BCUT2D eigenvalue weighted by Gasteiger charge is -2.18. The first kappa shape index (κ1) is 17.1. The fourth-order valence-corrected chi connectivity index (χ4v) is 3.04. The van der Waals surface area contributed by atoms with Crippen LogP contribution < -0.4 is 20.5 Å². The maximum Gasteiger partial charge on any atom is 0.352 e. The quantitative estimate of drug-likeness (QED) is 0.745. The van der Waals surface area contributed by atoms with Crippen LogP contribution in [0.5, 0.6) is 11.5 Å². The molecule has 27 heavy (non-hydrogen) atoms. The Morgan fingerprint density at radius 3 is 2.70 bits per heavy atom. The van der Waals surface area contributed by atoms with Gasteiger partial charge < -0.3 is 14.8 Å². The number of carbonyl (C=O) groups is 1. The summed E-state index contributed by atoms with van der Waals surface area (Å²) in [5, 5.41) is 7.06. The summed E-state index contributed by atoms with van der Waals surface area (Å²) in [7, 11) is 0. The Kier molecular flexibility index (Phi) is 4.06. The topological polar surface area (TPSA) is 99.8 Å². The van der Waals surface area contributed by atoms with Crippen LogP contribution in [0.3, 0.4) is 0 Å². The average molecular weight is 369 g/mol. The summed E-state index contributed by atoms with van der Waals surface area (Å²) in [5.74, 6) is 1.40. The van der Waals surface area contributed by atoms with Gasteiger partial charge >= 0.3 is 5.69 Å². The predicted molar refractivity (Wildman–Crippen MR) is 97.5 cm³/mol. The van der Waals surface area contributed by atoms with Crippen molar-refractivity contribution in [3.05, 3.63) is 45.8 Å². The van der Waals surface area contributed by atoms with Crippen molar-refractivity contribution in [3.8, 4) is 11.5 Å². The number of benzene rings is 1. The lowest BCUT2D eigenvalue weighted by molar-refractivity contribution is -0.117. The number of aryl methyl sites for hydroxylation is 3. The van der Waals surface area contributed by atoms with Crippen LogP contribution in [0.2, 0.25) is 0 Å². The molecule has 0 fully saturated rings. The van der Waals surface area contributed by atoms with Crippen molar-refractivity contribution in [1.82, 2.24) is 19.2 Å². The zero-order valence-corrected chi connectivity index (χ0v) is 15.3. The van der Waals surface area contributed by atoms with Gasteiger partial charge in [-0.2, -0.15) is 0 Å². The third kappa shape index (κ3) is 3.01. The highest BCUT2D eigenvalue weighted by Crippen LogP contribution is 2.32. The molecule has 0 saturated heterocycles. The molecule has 1 aliphatic heterocycles. The van der Waals surface area contributed by atoms with Crippen molar-refractivity contribution in [2.75, 3.05) is 18.5 Å². The second kappa shape index (κ2) is 6.42. The first-order chi connectivity index (χ1) is 12.9. The minimum atomic E-state index is -0.393. The molecule has 2 aromatic heterocycles. The Morgan fingerprint density at radius 2 is 1.93 bits per heavy atom. The maximum atomic E-state index is 12.6. The number of nitrogens with one attached hydrogen (secondary N) is 1. The number of fused-ring (bicyclic) bond motifs is 2. The summed E-state index contributed by atoms with van der Waals surface area (Å²) in [6.07, 6.45) is 0. The number of hydrogen-bond donors (Lipinski definition) is 1. The van der Waals surface area contributed by atoms with E-state index in [2.05, 4.69) is 15.4 Å². The second-order valence-electron chi connectivity index (χ2n) is 6.38. The molecule has 1 aromatic carbocycles. The van der Waals surface area contributed by atoms with Crippen molar-refractivity contribution >= 4 is 17.2 Å². The van der Waals surface area contributed by atoms with Gasteiger partial charge in [-0.1, -0.05) is 0 Å². The monoisotopic (exact) mass is 369 g/mol. The van der Waals surface area contributed by atoms with Gasteiger partial charge in [0.05, 0.1) is 0 Å². The van der Waals surface area contributed by atoms with Crippen LogP contribution in [0, 0.1) is 20.8 Å². The predicted octanol–water partition coefficient (Wildman–Crippen LogP) is 1.23. The van der Waals surface area contributed by atoms with E-state index in [1.54, 1.807) is 25.1 Å². The molecule has 1 aliphatic rings. The molecule has 0 bridgehead atoms. The van der Waals surface area contributed by atoms with Crippen LogP contribution in [0.4, 0.5) is 5.69 Å². The van der Waals surface area contributed by atoms with Crippen LogP contribution in [0.15, 0.2) is 23.0 Å². The average Bonchev–Trinajstić information content (AvgIpc) is 2.96. The highest BCUT2D eigenvalue weighted by atomic mass is 16.6. The summed E-state index contributed by atoms with van der Waals surface area (Å²) in [5.41, 5.74) is 2.29. The summed E-state index contributed by atoms with van der Waals surface area (Å²) in [6.45, 7) is 6.22. The number of aromatic nitrogens is 4. The SMILES string of the molecule is Cc1nc(C)n2c(=O)n(CC(=O)Nc3ccc4c(c3)OCCO4)nc2c1C. The zero-order chi connectivity index (χ0) is 19.1. The minimum Gasteiger partial charge on any atom is -0.486 e. The number of carbonyl (C=O) groups excluding carboxylic acids is 1. The smallest absolute Gasteiger partial charge is 0.352 e. The minimum absolute atomic E-state index is 0.202. The highest BCUT2D eigenvalue weighted by molar-refractivity contribution is 5.90. The van der Waals surface area contributed by atoms with Gasteiger partial charge in [-0.15, -0.1) is 5.10 Å². The zero-order valence-electron chi connectivity index (χ0n) is 15.3. The maximum absolute atomic E-state index is 12.6. The van der Waals surface area contributed by atoms with Gasteiger partial charge in [0, 0.05) is 23.0 Å². The number of amides is 1. The molecular formula is C18H19N5O4. The molecule has 0 aliphatic carbocycles. The van der Waals surface area contributed by atoms with Gasteiger partial charge in [0.15, 0.2) is 17.1 Å². The van der Waals surface area contributed by atoms with E-state index >= 15 is 0 Å². The molecule has 3 aromatic rings. The van der Waals surface area contributed by atoms with E-state index in [0.717, 1.165) is 15.9 Å². The van der Waals surface area contributed by atoms with Crippen LogP contribution in [-0.2, 0) is 11.3 Å². The van der Waals surface area contributed by atoms with E-state index in [1.807, 2.05) is 13.8 Å². The molecule has 0 spiro atoms. The van der Waals surface area contributed by atoms with E-state index in [-0.39, 0.29) is 12.5 Å². The van der Waals surface area contributed by atoms with Crippen molar-refractivity contribution in [1.29, 1.82) is 0 Å². The Morgan fingerprint density at radius 1 is 1.19 bits per heavy atom. The molecular weight excluding hydrogens is 350 g/mol.